The van der Waals surface area contributed by atoms with Crippen molar-refractivity contribution in [2.75, 3.05) is 5.73 Å². The molecule has 2 aromatic rings. The Morgan fingerprint density at radius 3 is 2.62 bits per heavy atom. The second-order valence-corrected chi connectivity index (χ2v) is 5.29. The van der Waals surface area contributed by atoms with Crippen molar-refractivity contribution < 1.29 is 13.9 Å². The van der Waals surface area contributed by atoms with Crippen molar-refractivity contribution in [1.82, 2.24) is 0 Å². The van der Waals surface area contributed by atoms with Gasteiger partial charge in [-0.1, -0.05) is 29.3 Å². The molecule has 0 saturated carbocycles. The zero-order valence-corrected chi connectivity index (χ0v) is 12.6. The highest BCUT2D eigenvalue weighted by Gasteiger charge is 2.13. The lowest BCUT2D eigenvalue weighted by Gasteiger charge is -2.09. The predicted octanol–water partition coefficient (Wildman–Crippen LogP) is 4.38. The Kier molecular flexibility index (Phi) is 4.70. The van der Waals surface area contributed by atoms with Crippen LogP contribution in [-0.2, 0) is 11.3 Å². The monoisotopic (exact) mass is 327 g/mol. The van der Waals surface area contributed by atoms with Gasteiger partial charge in [-0.3, -0.25) is 0 Å². The number of carbonyl (C=O) groups excluding carboxylic acids is 1. The molecule has 0 spiro atoms. The van der Waals surface area contributed by atoms with E-state index in [4.69, 9.17) is 33.7 Å². The molecule has 0 saturated heterocycles. The number of anilines is 1. The molecule has 2 N–H and O–H groups in total. The van der Waals surface area contributed by atoms with Crippen LogP contribution in [0.15, 0.2) is 30.3 Å². The summed E-state index contributed by atoms with van der Waals surface area (Å²) in [7, 11) is 0. The molecule has 0 bridgehead atoms. The van der Waals surface area contributed by atoms with E-state index in [-0.39, 0.29) is 33.7 Å². The highest BCUT2D eigenvalue weighted by atomic mass is 35.5. The molecule has 110 valence electrons. The van der Waals surface area contributed by atoms with Gasteiger partial charge in [-0.25, -0.2) is 9.18 Å². The summed E-state index contributed by atoms with van der Waals surface area (Å²) in [6.45, 7) is 1.77. The average Bonchev–Trinajstić information content (AvgIpc) is 2.43. The first-order valence-electron chi connectivity index (χ1n) is 6.05. The minimum Gasteiger partial charge on any atom is -0.457 e. The van der Waals surface area contributed by atoms with Crippen LogP contribution in [0, 0.1) is 12.7 Å². The van der Waals surface area contributed by atoms with Gasteiger partial charge in [-0.2, -0.15) is 0 Å². The van der Waals surface area contributed by atoms with Crippen LogP contribution < -0.4 is 5.73 Å². The Morgan fingerprint density at radius 1 is 1.29 bits per heavy atom. The molecule has 0 heterocycles. The molecule has 0 fully saturated rings. The fraction of sp³-hybridized carbons (Fsp3) is 0.133. The molecule has 0 aliphatic carbocycles. The number of benzene rings is 2. The van der Waals surface area contributed by atoms with E-state index in [0.29, 0.717) is 5.56 Å². The SMILES string of the molecule is Cc1cc(F)ccc1COC(=O)c1cc(N)c(Cl)c(Cl)c1. The predicted molar refractivity (Wildman–Crippen MR) is 81.1 cm³/mol. The number of carbonyl (C=O) groups is 1. The van der Waals surface area contributed by atoms with Crippen LogP contribution in [0.1, 0.15) is 21.5 Å². The van der Waals surface area contributed by atoms with Gasteiger partial charge < -0.3 is 10.5 Å². The van der Waals surface area contributed by atoms with E-state index in [1.165, 1.54) is 24.3 Å². The molecule has 0 aliphatic heterocycles. The van der Waals surface area contributed by atoms with Gasteiger partial charge in [-0.15, -0.1) is 0 Å². The van der Waals surface area contributed by atoms with Crippen LogP contribution in [0.2, 0.25) is 10.0 Å². The van der Waals surface area contributed by atoms with E-state index in [0.717, 1.165) is 5.56 Å². The van der Waals surface area contributed by atoms with Crippen molar-refractivity contribution >= 4 is 34.9 Å². The number of hydrogen-bond acceptors (Lipinski definition) is 3. The highest BCUT2D eigenvalue weighted by molar-refractivity contribution is 6.43. The zero-order chi connectivity index (χ0) is 15.6. The molecular formula is C15H12Cl2FNO2. The maximum Gasteiger partial charge on any atom is 0.338 e. The first-order valence-corrected chi connectivity index (χ1v) is 6.80. The number of rotatable bonds is 3. The van der Waals surface area contributed by atoms with E-state index < -0.39 is 5.97 Å². The standard InChI is InChI=1S/C15H12Cl2FNO2/c1-8-4-11(18)3-2-9(8)7-21-15(20)10-5-12(16)14(17)13(19)6-10/h2-6H,7,19H2,1H3. The fourth-order valence-corrected chi connectivity index (χ4v) is 2.11. The smallest absolute Gasteiger partial charge is 0.338 e. The molecule has 3 nitrogen and oxygen atoms in total. The minimum absolute atomic E-state index is 0.0328. The quantitative estimate of drug-likeness (QED) is 0.672. The molecule has 0 aromatic heterocycles. The summed E-state index contributed by atoms with van der Waals surface area (Å²) in [4.78, 5) is 12.0. The molecule has 0 unspecified atom stereocenters. The second kappa shape index (κ2) is 6.33. The van der Waals surface area contributed by atoms with Gasteiger partial charge in [0.25, 0.3) is 0 Å². The maximum absolute atomic E-state index is 13.0. The molecule has 0 amide bonds. The van der Waals surface area contributed by atoms with E-state index in [9.17, 15) is 9.18 Å². The molecule has 2 rings (SSSR count). The summed E-state index contributed by atoms with van der Waals surface area (Å²) in [5, 5.41) is 0.379. The maximum atomic E-state index is 13.0. The van der Waals surface area contributed by atoms with Crippen molar-refractivity contribution in [3.8, 4) is 0 Å². The summed E-state index contributed by atoms with van der Waals surface area (Å²) in [6.07, 6.45) is 0. The van der Waals surface area contributed by atoms with E-state index in [1.807, 2.05) is 0 Å². The normalized spacial score (nSPS) is 10.5. The van der Waals surface area contributed by atoms with Crippen molar-refractivity contribution in [1.29, 1.82) is 0 Å². The van der Waals surface area contributed by atoms with E-state index in [2.05, 4.69) is 0 Å². The van der Waals surface area contributed by atoms with Gasteiger partial charge in [0.2, 0.25) is 0 Å². The number of nitrogen functional groups attached to an aromatic ring is 1. The van der Waals surface area contributed by atoms with Gasteiger partial charge >= 0.3 is 5.97 Å². The molecule has 6 heteroatoms. The Hall–Kier alpha value is -1.78. The third-order valence-electron chi connectivity index (χ3n) is 2.96. The van der Waals surface area contributed by atoms with E-state index in [1.54, 1.807) is 13.0 Å². The molecule has 21 heavy (non-hydrogen) atoms. The third-order valence-corrected chi connectivity index (χ3v) is 3.77. The molecule has 0 atom stereocenters. The summed E-state index contributed by atoms with van der Waals surface area (Å²) >= 11 is 11.7. The van der Waals surface area contributed by atoms with Crippen LogP contribution in [0.3, 0.4) is 0 Å². The van der Waals surface area contributed by atoms with Gasteiger partial charge in [0.15, 0.2) is 0 Å². The lowest BCUT2D eigenvalue weighted by Crippen LogP contribution is -2.07. The van der Waals surface area contributed by atoms with Crippen LogP contribution >= 0.6 is 23.2 Å². The first kappa shape index (κ1) is 15.6. The van der Waals surface area contributed by atoms with Gasteiger partial charge in [-0.05, 0) is 42.3 Å². The van der Waals surface area contributed by atoms with Crippen molar-refractivity contribution in [3.63, 3.8) is 0 Å². The second-order valence-electron chi connectivity index (χ2n) is 4.51. The highest BCUT2D eigenvalue weighted by Crippen LogP contribution is 2.29. The first-order chi connectivity index (χ1) is 9.88. The topological polar surface area (TPSA) is 52.3 Å². The molecule has 0 aliphatic rings. The van der Waals surface area contributed by atoms with Crippen LogP contribution in [0.5, 0.6) is 0 Å². The Bertz CT molecular complexity index is 681. The molecular weight excluding hydrogens is 316 g/mol. The summed E-state index contributed by atoms with van der Waals surface area (Å²) in [6, 6.07) is 7.04. The van der Waals surface area contributed by atoms with Crippen molar-refractivity contribution in [3.05, 3.63) is 62.9 Å². The summed E-state index contributed by atoms with van der Waals surface area (Å²) in [5.74, 6) is -0.913. The van der Waals surface area contributed by atoms with Crippen molar-refractivity contribution in [2.24, 2.45) is 0 Å². The van der Waals surface area contributed by atoms with Crippen LogP contribution in [0.4, 0.5) is 10.1 Å². The zero-order valence-electron chi connectivity index (χ0n) is 11.1. The van der Waals surface area contributed by atoms with Gasteiger partial charge in [0.05, 0.1) is 21.3 Å². The van der Waals surface area contributed by atoms with Gasteiger partial charge in [0.1, 0.15) is 12.4 Å². The van der Waals surface area contributed by atoms with Gasteiger partial charge in [0, 0.05) is 0 Å². The Labute approximate surface area is 131 Å². The third kappa shape index (κ3) is 3.65. The van der Waals surface area contributed by atoms with Crippen LogP contribution in [0.25, 0.3) is 0 Å². The lowest BCUT2D eigenvalue weighted by molar-refractivity contribution is 0.0472. The van der Waals surface area contributed by atoms with Crippen LogP contribution in [-0.4, -0.2) is 5.97 Å². The Morgan fingerprint density at radius 2 is 2.00 bits per heavy atom. The lowest BCUT2D eigenvalue weighted by atomic mass is 10.1. The molecule has 2 aromatic carbocycles. The fourth-order valence-electron chi connectivity index (χ4n) is 1.78. The number of ether oxygens (including phenoxy) is 1. The minimum atomic E-state index is -0.580. The summed E-state index contributed by atoms with van der Waals surface area (Å²) < 4.78 is 18.2. The number of nitrogens with two attached hydrogens (primary N) is 1. The van der Waals surface area contributed by atoms with E-state index >= 15 is 0 Å². The van der Waals surface area contributed by atoms with Crippen molar-refractivity contribution in [2.45, 2.75) is 13.5 Å². The number of aryl methyl sites for hydroxylation is 1. The molecule has 0 radical (unpaired) electrons. The largest absolute Gasteiger partial charge is 0.457 e. The average molecular weight is 328 g/mol. The number of esters is 1. The summed E-state index contributed by atoms with van der Waals surface area (Å²) in [5.41, 5.74) is 7.48. The Balaban J connectivity index is 2.12. The number of halogens is 3. The number of hydrogen-bond donors (Lipinski definition) is 1.